The number of hydrogen-bond donors (Lipinski definition) is 1. The molecule has 1 saturated heterocycles. The van der Waals surface area contributed by atoms with Crippen LogP contribution >= 0.6 is 0 Å². The largest absolute Gasteiger partial charge is 0.478 e. The fourth-order valence-corrected chi connectivity index (χ4v) is 2.29. The number of hydrogen-bond acceptors (Lipinski definition) is 4. The number of carboxylic acids is 1. The van der Waals surface area contributed by atoms with Crippen LogP contribution in [0.4, 0.5) is 5.82 Å². The predicted molar refractivity (Wildman–Crippen MR) is 70.3 cm³/mol. The van der Waals surface area contributed by atoms with Crippen LogP contribution in [0.15, 0.2) is 18.3 Å². The van der Waals surface area contributed by atoms with Crippen LogP contribution in [0.1, 0.15) is 24.2 Å². The van der Waals surface area contributed by atoms with Crippen molar-refractivity contribution in [3.63, 3.8) is 0 Å². The molecule has 0 bridgehead atoms. The molecule has 0 spiro atoms. The fraction of sp³-hybridized carbons (Fsp3) is 0.462. The van der Waals surface area contributed by atoms with Gasteiger partial charge in [0.1, 0.15) is 11.4 Å². The first-order valence-electron chi connectivity index (χ1n) is 6.06. The van der Waals surface area contributed by atoms with E-state index in [1.807, 2.05) is 18.7 Å². The van der Waals surface area contributed by atoms with Crippen LogP contribution in [-0.4, -0.2) is 52.5 Å². The van der Waals surface area contributed by atoms with E-state index in [1.54, 1.807) is 18.0 Å². The number of carboxylic acid groups (broad SMARTS) is 1. The van der Waals surface area contributed by atoms with E-state index in [0.717, 1.165) is 0 Å². The standard InChI is InChI=1S/C13H17N3O3/c1-13(2)12(19)15(3)6-7-16(13)10-5-4-9(8-14-10)11(17)18/h4-5,8H,6-7H2,1-3H3,(H,17,18). The Labute approximate surface area is 111 Å². The average molecular weight is 263 g/mol. The third kappa shape index (κ3) is 2.25. The zero-order chi connectivity index (χ0) is 14.2. The van der Waals surface area contributed by atoms with Crippen LogP contribution in [0.5, 0.6) is 0 Å². The maximum Gasteiger partial charge on any atom is 0.337 e. The Bertz CT molecular complexity index is 510. The molecule has 6 nitrogen and oxygen atoms in total. The second-order valence-corrected chi connectivity index (χ2v) is 5.15. The summed E-state index contributed by atoms with van der Waals surface area (Å²) in [5.74, 6) is -0.355. The van der Waals surface area contributed by atoms with Crippen LogP contribution in [0, 0.1) is 0 Å². The second kappa shape index (κ2) is 4.53. The minimum atomic E-state index is -1.01. The second-order valence-electron chi connectivity index (χ2n) is 5.15. The van der Waals surface area contributed by atoms with Gasteiger partial charge in [0.15, 0.2) is 0 Å². The molecule has 1 aliphatic rings. The van der Waals surface area contributed by atoms with E-state index in [2.05, 4.69) is 4.98 Å². The third-order valence-corrected chi connectivity index (χ3v) is 3.48. The van der Waals surface area contributed by atoms with Gasteiger partial charge in [0.25, 0.3) is 0 Å². The first-order valence-corrected chi connectivity index (χ1v) is 6.06. The summed E-state index contributed by atoms with van der Waals surface area (Å²) < 4.78 is 0. The van der Waals surface area contributed by atoms with Crippen molar-refractivity contribution in [3.8, 4) is 0 Å². The van der Waals surface area contributed by atoms with Crippen LogP contribution in [0.25, 0.3) is 0 Å². The number of aromatic nitrogens is 1. The van der Waals surface area contributed by atoms with Gasteiger partial charge in [-0.2, -0.15) is 0 Å². The number of amides is 1. The van der Waals surface area contributed by atoms with Gasteiger partial charge in [-0.15, -0.1) is 0 Å². The lowest BCUT2D eigenvalue weighted by atomic mass is 9.98. The molecular formula is C13H17N3O3. The minimum Gasteiger partial charge on any atom is -0.478 e. The van der Waals surface area contributed by atoms with E-state index in [0.29, 0.717) is 18.9 Å². The lowest BCUT2D eigenvalue weighted by Crippen LogP contribution is -2.62. The van der Waals surface area contributed by atoms with E-state index in [9.17, 15) is 9.59 Å². The highest BCUT2D eigenvalue weighted by molar-refractivity contribution is 5.90. The van der Waals surface area contributed by atoms with Gasteiger partial charge in [-0.3, -0.25) is 4.79 Å². The summed E-state index contributed by atoms with van der Waals surface area (Å²) in [6, 6.07) is 3.15. The topological polar surface area (TPSA) is 73.7 Å². The number of rotatable bonds is 2. The molecular weight excluding hydrogens is 246 g/mol. The van der Waals surface area contributed by atoms with Crippen molar-refractivity contribution in [2.24, 2.45) is 0 Å². The molecule has 0 unspecified atom stereocenters. The van der Waals surface area contributed by atoms with Crippen LogP contribution in [0.2, 0.25) is 0 Å². The number of pyridine rings is 1. The summed E-state index contributed by atoms with van der Waals surface area (Å²) in [6.07, 6.45) is 1.32. The molecule has 2 rings (SSSR count). The van der Waals surface area contributed by atoms with Crippen LogP contribution in [-0.2, 0) is 4.79 Å². The summed E-state index contributed by atoms with van der Waals surface area (Å²) >= 11 is 0. The van der Waals surface area contributed by atoms with Crippen molar-refractivity contribution in [2.75, 3.05) is 25.0 Å². The molecule has 19 heavy (non-hydrogen) atoms. The Morgan fingerprint density at radius 3 is 2.58 bits per heavy atom. The Balaban J connectivity index is 2.31. The number of nitrogens with zero attached hydrogens (tertiary/aromatic N) is 3. The highest BCUT2D eigenvalue weighted by Gasteiger charge is 2.41. The molecule has 102 valence electrons. The van der Waals surface area contributed by atoms with Gasteiger partial charge in [-0.05, 0) is 26.0 Å². The van der Waals surface area contributed by atoms with Crippen molar-refractivity contribution in [1.29, 1.82) is 0 Å². The number of aromatic carboxylic acids is 1. The van der Waals surface area contributed by atoms with E-state index in [1.165, 1.54) is 12.3 Å². The van der Waals surface area contributed by atoms with Gasteiger partial charge in [0.2, 0.25) is 5.91 Å². The molecule has 1 fully saturated rings. The van der Waals surface area contributed by atoms with Gasteiger partial charge < -0.3 is 14.9 Å². The van der Waals surface area contributed by atoms with Gasteiger partial charge >= 0.3 is 5.97 Å². The molecule has 0 aliphatic carbocycles. The smallest absolute Gasteiger partial charge is 0.337 e. The average Bonchev–Trinajstić information content (AvgIpc) is 2.36. The monoisotopic (exact) mass is 263 g/mol. The SMILES string of the molecule is CN1CCN(c2ccc(C(=O)O)cn2)C(C)(C)C1=O. The summed E-state index contributed by atoms with van der Waals surface area (Å²) in [7, 11) is 1.78. The van der Waals surface area contributed by atoms with Gasteiger partial charge in [0.05, 0.1) is 5.56 Å². The lowest BCUT2D eigenvalue weighted by molar-refractivity contribution is -0.136. The maximum absolute atomic E-state index is 12.2. The molecule has 1 aliphatic heterocycles. The molecule has 0 saturated carbocycles. The molecule has 0 radical (unpaired) electrons. The van der Waals surface area contributed by atoms with Gasteiger partial charge in [-0.1, -0.05) is 0 Å². The van der Waals surface area contributed by atoms with E-state index in [-0.39, 0.29) is 11.5 Å². The van der Waals surface area contributed by atoms with Crippen molar-refractivity contribution >= 4 is 17.7 Å². The third-order valence-electron chi connectivity index (χ3n) is 3.48. The summed E-state index contributed by atoms with van der Waals surface area (Å²) in [4.78, 5) is 30.7. The Morgan fingerprint density at radius 1 is 1.37 bits per heavy atom. The molecule has 1 amide bonds. The van der Waals surface area contributed by atoms with Gasteiger partial charge in [-0.25, -0.2) is 9.78 Å². The zero-order valence-corrected chi connectivity index (χ0v) is 11.3. The number of carbonyl (C=O) groups excluding carboxylic acids is 1. The molecule has 6 heteroatoms. The molecule has 0 atom stereocenters. The van der Waals surface area contributed by atoms with E-state index in [4.69, 9.17) is 5.11 Å². The molecule has 1 N–H and O–H groups in total. The zero-order valence-electron chi connectivity index (χ0n) is 11.3. The number of carbonyl (C=O) groups is 2. The number of likely N-dealkylation sites (N-methyl/N-ethyl adjacent to an activating group) is 1. The Kier molecular flexibility index (Phi) is 3.18. The minimum absolute atomic E-state index is 0.0304. The van der Waals surface area contributed by atoms with Crippen LogP contribution in [0.3, 0.4) is 0 Å². The molecule has 0 aromatic carbocycles. The lowest BCUT2D eigenvalue weighted by Gasteiger charge is -2.45. The van der Waals surface area contributed by atoms with E-state index >= 15 is 0 Å². The number of piperazine rings is 1. The van der Waals surface area contributed by atoms with Gasteiger partial charge in [0, 0.05) is 26.3 Å². The molecule has 2 heterocycles. The van der Waals surface area contributed by atoms with Crippen molar-refractivity contribution in [2.45, 2.75) is 19.4 Å². The predicted octanol–water partition coefficient (Wildman–Crippen LogP) is 0.837. The quantitative estimate of drug-likeness (QED) is 0.855. The summed E-state index contributed by atoms with van der Waals surface area (Å²) in [5.41, 5.74) is -0.535. The molecule has 1 aromatic rings. The Morgan fingerprint density at radius 2 is 2.05 bits per heavy atom. The fourth-order valence-electron chi connectivity index (χ4n) is 2.29. The van der Waals surface area contributed by atoms with Crippen molar-refractivity contribution in [3.05, 3.63) is 23.9 Å². The highest BCUT2D eigenvalue weighted by Crippen LogP contribution is 2.26. The first-order chi connectivity index (χ1) is 8.84. The molecule has 1 aromatic heterocycles. The van der Waals surface area contributed by atoms with Crippen LogP contribution < -0.4 is 4.90 Å². The van der Waals surface area contributed by atoms with Crippen molar-refractivity contribution < 1.29 is 14.7 Å². The normalized spacial score (nSPS) is 18.6. The van der Waals surface area contributed by atoms with Crippen molar-refractivity contribution in [1.82, 2.24) is 9.88 Å². The van der Waals surface area contributed by atoms with E-state index < -0.39 is 11.5 Å². The summed E-state index contributed by atoms with van der Waals surface area (Å²) in [5, 5.41) is 8.85. The summed E-state index contributed by atoms with van der Waals surface area (Å²) in [6.45, 7) is 4.99. The first kappa shape index (κ1) is 13.3. The Hall–Kier alpha value is -2.11. The number of anilines is 1. The highest BCUT2D eigenvalue weighted by atomic mass is 16.4. The maximum atomic E-state index is 12.2.